The van der Waals surface area contributed by atoms with Crippen LogP contribution in [-0.4, -0.2) is 0 Å². The standard InChI is InChI=1S/C20H32/c1-2-4-6-8-10-12-14-16-18-20-19-17-15-13-11-9-7-5-3-1/h1-12,17-20H2. The molecule has 0 spiro atoms. The van der Waals surface area contributed by atoms with E-state index in [4.69, 9.17) is 0 Å². The molecule has 0 heterocycles. The quantitative estimate of drug-likeness (QED) is 0.457. The molecule has 0 aromatic heterocycles. The minimum Gasteiger partial charge on any atom is -0.103 e. The van der Waals surface area contributed by atoms with E-state index in [0.29, 0.717) is 0 Å². The fourth-order valence-electron chi connectivity index (χ4n) is 2.62. The van der Waals surface area contributed by atoms with Crippen LogP contribution >= 0.6 is 0 Å². The summed E-state index contributed by atoms with van der Waals surface area (Å²) in [6.07, 6.45) is 20.7. The average molecular weight is 272 g/mol. The summed E-state index contributed by atoms with van der Waals surface area (Å²) in [6.45, 7) is 0. The Morgan fingerprint density at radius 3 is 0.750 bits per heavy atom. The smallest absolute Gasteiger partial charge is 0.00890 e. The summed E-state index contributed by atoms with van der Waals surface area (Å²) >= 11 is 0. The van der Waals surface area contributed by atoms with Gasteiger partial charge in [-0.3, -0.25) is 0 Å². The highest BCUT2D eigenvalue weighted by atomic mass is 14.0. The minimum absolute atomic E-state index is 1.07. The van der Waals surface area contributed by atoms with Gasteiger partial charge in [0.2, 0.25) is 0 Å². The highest BCUT2D eigenvalue weighted by molar-refractivity contribution is 5.00. The second kappa shape index (κ2) is 14.5. The summed E-state index contributed by atoms with van der Waals surface area (Å²) in [5.41, 5.74) is 0. The van der Waals surface area contributed by atoms with Crippen molar-refractivity contribution in [2.75, 3.05) is 0 Å². The molecule has 0 unspecified atom stereocenters. The van der Waals surface area contributed by atoms with Gasteiger partial charge in [-0.25, -0.2) is 0 Å². The third-order valence-corrected chi connectivity index (χ3v) is 3.96. The molecular weight excluding hydrogens is 240 g/mol. The first kappa shape index (κ1) is 17.2. The van der Waals surface area contributed by atoms with Gasteiger partial charge in [-0.2, -0.15) is 0 Å². The van der Waals surface area contributed by atoms with Gasteiger partial charge < -0.3 is 0 Å². The van der Waals surface area contributed by atoms with Crippen molar-refractivity contribution in [1.29, 1.82) is 0 Å². The topological polar surface area (TPSA) is 0 Å². The predicted molar refractivity (Wildman–Crippen MR) is 89.4 cm³/mol. The lowest BCUT2D eigenvalue weighted by atomic mass is 10.0. The Morgan fingerprint density at radius 2 is 0.450 bits per heavy atom. The first-order valence-electron chi connectivity index (χ1n) is 8.91. The van der Waals surface area contributed by atoms with Gasteiger partial charge in [-0.1, -0.05) is 51.4 Å². The van der Waals surface area contributed by atoms with Gasteiger partial charge in [0.05, 0.1) is 0 Å². The maximum absolute atomic E-state index is 3.32. The van der Waals surface area contributed by atoms with E-state index in [9.17, 15) is 0 Å². The lowest BCUT2D eigenvalue weighted by Crippen LogP contribution is -1.82. The normalized spacial score (nSPS) is 20.8. The van der Waals surface area contributed by atoms with Gasteiger partial charge in [0.25, 0.3) is 0 Å². The molecule has 0 bridgehead atoms. The van der Waals surface area contributed by atoms with Crippen LogP contribution in [0, 0.1) is 23.7 Å². The molecule has 0 fully saturated rings. The zero-order valence-corrected chi connectivity index (χ0v) is 13.3. The molecule has 0 atom stereocenters. The van der Waals surface area contributed by atoms with Gasteiger partial charge in [-0.05, 0) is 25.7 Å². The molecule has 0 N–H and O–H groups in total. The van der Waals surface area contributed by atoms with E-state index in [-0.39, 0.29) is 0 Å². The Labute approximate surface area is 127 Å². The van der Waals surface area contributed by atoms with Crippen LogP contribution in [0.5, 0.6) is 0 Å². The fraction of sp³-hybridized carbons (Fsp3) is 0.800. The lowest BCUT2D eigenvalue weighted by molar-refractivity contribution is 0.555. The van der Waals surface area contributed by atoms with E-state index in [1.807, 2.05) is 0 Å². The molecule has 0 radical (unpaired) electrons. The average Bonchev–Trinajstić information content (AvgIpc) is 2.46. The van der Waals surface area contributed by atoms with Crippen molar-refractivity contribution in [2.24, 2.45) is 0 Å². The molecule has 1 rings (SSSR count). The third-order valence-electron chi connectivity index (χ3n) is 3.96. The van der Waals surface area contributed by atoms with Crippen LogP contribution in [0.1, 0.15) is 103 Å². The Morgan fingerprint density at radius 1 is 0.250 bits per heavy atom. The highest BCUT2D eigenvalue weighted by Crippen LogP contribution is 2.11. The van der Waals surface area contributed by atoms with Crippen LogP contribution < -0.4 is 0 Å². The SMILES string of the molecule is C1#CCCCCCCCCCCCCC#CCCCC1. The van der Waals surface area contributed by atoms with Crippen molar-refractivity contribution in [3.05, 3.63) is 0 Å². The van der Waals surface area contributed by atoms with Crippen LogP contribution in [0.15, 0.2) is 0 Å². The largest absolute Gasteiger partial charge is 0.103 e. The second-order valence-corrected chi connectivity index (χ2v) is 5.95. The van der Waals surface area contributed by atoms with Gasteiger partial charge in [0.1, 0.15) is 0 Å². The number of hydrogen-bond donors (Lipinski definition) is 0. The maximum Gasteiger partial charge on any atom is 0.00890 e. The first-order chi connectivity index (χ1) is 10.0. The van der Waals surface area contributed by atoms with E-state index in [1.165, 1.54) is 77.0 Å². The van der Waals surface area contributed by atoms with Crippen molar-refractivity contribution in [3.63, 3.8) is 0 Å². The Hall–Kier alpha value is -0.880. The molecule has 0 nitrogen and oxygen atoms in total. The summed E-state index contributed by atoms with van der Waals surface area (Å²) in [4.78, 5) is 0. The molecule has 0 heteroatoms. The van der Waals surface area contributed by atoms with Crippen LogP contribution in [0.3, 0.4) is 0 Å². The monoisotopic (exact) mass is 272 g/mol. The summed E-state index contributed by atoms with van der Waals surface area (Å²) < 4.78 is 0. The van der Waals surface area contributed by atoms with Gasteiger partial charge in [-0.15, -0.1) is 23.7 Å². The van der Waals surface area contributed by atoms with E-state index in [0.717, 1.165) is 25.7 Å². The maximum atomic E-state index is 3.32. The molecule has 0 aliphatic heterocycles. The molecule has 0 saturated heterocycles. The van der Waals surface area contributed by atoms with Crippen molar-refractivity contribution in [1.82, 2.24) is 0 Å². The third kappa shape index (κ3) is 12.2. The Balaban J connectivity index is 2.15. The van der Waals surface area contributed by atoms with Crippen molar-refractivity contribution < 1.29 is 0 Å². The van der Waals surface area contributed by atoms with Crippen molar-refractivity contribution in [3.8, 4) is 23.7 Å². The molecule has 112 valence electrons. The molecule has 1 aliphatic rings. The fourth-order valence-corrected chi connectivity index (χ4v) is 2.62. The minimum atomic E-state index is 1.07. The Bertz CT molecular complexity index is 283. The van der Waals surface area contributed by atoms with Crippen LogP contribution in [0.2, 0.25) is 0 Å². The lowest BCUT2D eigenvalue weighted by Gasteiger charge is -2.01. The zero-order chi connectivity index (χ0) is 14.1. The molecule has 0 aromatic carbocycles. The molecule has 20 heavy (non-hydrogen) atoms. The Kier molecular flexibility index (Phi) is 12.5. The molecular formula is C20H32. The summed E-state index contributed by atoms with van der Waals surface area (Å²) in [6, 6.07) is 0. The van der Waals surface area contributed by atoms with E-state index in [1.54, 1.807) is 0 Å². The van der Waals surface area contributed by atoms with Gasteiger partial charge in [0.15, 0.2) is 0 Å². The van der Waals surface area contributed by atoms with Crippen molar-refractivity contribution >= 4 is 0 Å². The number of hydrogen-bond acceptors (Lipinski definition) is 0. The highest BCUT2D eigenvalue weighted by Gasteiger charge is 1.93. The van der Waals surface area contributed by atoms with E-state index >= 15 is 0 Å². The van der Waals surface area contributed by atoms with Crippen LogP contribution in [0.4, 0.5) is 0 Å². The van der Waals surface area contributed by atoms with E-state index < -0.39 is 0 Å². The van der Waals surface area contributed by atoms with Crippen molar-refractivity contribution in [2.45, 2.75) is 103 Å². The molecule has 0 saturated carbocycles. The number of rotatable bonds is 0. The van der Waals surface area contributed by atoms with Gasteiger partial charge >= 0.3 is 0 Å². The first-order valence-corrected chi connectivity index (χ1v) is 8.91. The van der Waals surface area contributed by atoms with E-state index in [2.05, 4.69) is 23.7 Å². The van der Waals surface area contributed by atoms with Crippen LogP contribution in [0.25, 0.3) is 0 Å². The zero-order valence-electron chi connectivity index (χ0n) is 13.3. The van der Waals surface area contributed by atoms with Gasteiger partial charge in [0, 0.05) is 25.7 Å². The molecule has 0 aromatic rings. The second-order valence-electron chi connectivity index (χ2n) is 5.95. The molecule has 0 amide bonds. The molecule has 1 aliphatic carbocycles. The summed E-state index contributed by atoms with van der Waals surface area (Å²) in [5, 5.41) is 0. The van der Waals surface area contributed by atoms with Crippen LogP contribution in [-0.2, 0) is 0 Å². The predicted octanol–water partition coefficient (Wildman–Crippen LogP) is 6.25. The summed E-state index contributed by atoms with van der Waals surface area (Å²) in [7, 11) is 0. The summed E-state index contributed by atoms with van der Waals surface area (Å²) in [5.74, 6) is 13.3.